The van der Waals surface area contributed by atoms with E-state index in [0.29, 0.717) is 0 Å². The molecule has 0 bridgehead atoms. The van der Waals surface area contributed by atoms with Crippen LogP contribution in [0.5, 0.6) is 6.01 Å². The van der Waals surface area contributed by atoms with Gasteiger partial charge in [0, 0.05) is 0 Å². The summed E-state index contributed by atoms with van der Waals surface area (Å²) < 4.78 is 19.1. The van der Waals surface area contributed by atoms with Gasteiger partial charge in [0.2, 0.25) is 5.82 Å². The van der Waals surface area contributed by atoms with Gasteiger partial charge in [-0.15, -0.1) is 5.10 Å². The largest absolute Gasteiger partial charge is 0.475 e. The number of hydrogen-bond donors (Lipinski definition) is 1. The summed E-state index contributed by atoms with van der Waals surface area (Å²) >= 11 is 0. The Kier molecular flexibility index (Phi) is 2.73. The first-order chi connectivity index (χ1) is 8.13. The molecule has 0 spiro atoms. The van der Waals surface area contributed by atoms with Crippen LogP contribution in [0.3, 0.4) is 0 Å². The van der Waals surface area contributed by atoms with E-state index in [0.717, 1.165) is 4.57 Å². The van der Waals surface area contributed by atoms with Crippen molar-refractivity contribution in [2.24, 2.45) is 0 Å². The number of aromatic carboxylic acids is 1. The lowest BCUT2D eigenvalue weighted by Gasteiger charge is -2.06. The molecule has 1 N–H and O–H groups in total. The number of carboxylic acids is 1. The first kappa shape index (κ1) is 11.1. The fourth-order valence-corrected chi connectivity index (χ4v) is 1.39. The number of carboxylic acid groups (broad SMARTS) is 1. The molecule has 0 unspecified atom stereocenters. The number of carbonyl (C=O) groups is 1. The van der Waals surface area contributed by atoms with Gasteiger partial charge in [0.25, 0.3) is 0 Å². The van der Waals surface area contributed by atoms with Crippen molar-refractivity contribution in [3.63, 3.8) is 0 Å². The Hall–Kier alpha value is -2.44. The van der Waals surface area contributed by atoms with Gasteiger partial charge < -0.3 is 9.84 Å². The van der Waals surface area contributed by atoms with Crippen molar-refractivity contribution in [1.29, 1.82) is 0 Å². The topological polar surface area (TPSA) is 77.2 Å². The van der Waals surface area contributed by atoms with E-state index in [1.165, 1.54) is 31.4 Å². The Morgan fingerprint density at radius 3 is 2.82 bits per heavy atom. The van der Waals surface area contributed by atoms with E-state index in [9.17, 15) is 9.18 Å². The van der Waals surface area contributed by atoms with Gasteiger partial charge in [-0.1, -0.05) is 11.2 Å². The lowest BCUT2D eigenvalue weighted by atomic mass is 10.3. The summed E-state index contributed by atoms with van der Waals surface area (Å²) in [5.41, 5.74) is 0.282. The van der Waals surface area contributed by atoms with Gasteiger partial charge in [0.05, 0.1) is 12.8 Å². The van der Waals surface area contributed by atoms with E-state index in [1.807, 2.05) is 0 Å². The van der Waals surface area contributed by atoms with Crippen molar-refractivity contribution < 1.29 is 19.0 Å². The monoisotopic (exact) mass is 237 g/mol. The highest BCUT2D eigenvalue weighted by atomic mass is 19.1. The molecule has 1 aromatic carbocycles. The summed E-state index contributed by atoms with van der Waals surface area (Å²) in [7, 11) is 1.32. The molecule has 0 aliphatic carbocycles. The van der Waals surface area contributed by atoms with Crippen LogP contribution in [0.15, 0.2) is 24.3 Å². The summed E-state index contributed by atoms with van der Waals surface area (Å²) in [5, 5.41) is 15.9. The summed E-state index contributed by atoms with van der Waals surface area (Å²) in [6.07, 6.45) is 0. The second-order valence-electron chi connectivity index (χ2n) is 3.13. The fourth-order valence-electron chi connectivity index (χ4n) is 1.39. The van der Waals surface area contributed by atoms with E-state index in [-0.39, 0.29) is 17.5 Å². The van der Waals surface area contributed by atoms with Crippen molar-refractivity contribution in [3.05, 3.63) is 35.9 Å². The Labute approximate surface area is 95.3 Å². The van der Waals surface area contributed by atoms with E-state index < -0.39 is 11.8 Å². The zero-order valence-electron chi connectivity index (χ0n) is 8.79. The maximum atomic E-state index is 13.1. The molecule has 0 fully saturated rings. The number of benzene rings is 1. The van der Waals surface area contributed by atoms with Gasteiger partial charge in [-0.2, -0.15) is 0 Å². The summed E-state index contributed by atoms with van der Waals surface area (Å²) in [5.74, 6) is -2.10. The van der Waals surface area contributed by atoms with Crippen LogP contribution in [-0.2, 0) is 0 Å². The lowest BCUT2D eigenvalue weighted by Crippen LogP contribution is -2.09. The van der Waals surface area contributed by atoms with Crippen LogP contribution >= 0.6 is 0 Å². The smallest absolute Gasteiger partial charge is 0.374 e. The summed E-state index contributed by atoms with van der Waals surface area (Å²) in [6.45, 7) is 0. The molecule has 1 heterocycles. The van der Waals surface area contributed by atoms with Gasteiger partial charge >= 0.3 is 12.0 Å². The number of hydrogen-bond acceptors (Lipinski definition) is 4. The van der Waals surface area contributed by atoms with Crippen LogP contribution in [-0.4, -0.2) is 33.0 Å². The van der Waals surface area contributed by atoms with Crippen molar-refractivity contribution in [2.75, 3.05) is 7.11 Å². The Morgan fingerprint density at radius 2 is 2.24 bits per heavy atom. The number of nitrogens with zero attached hydrogens (tertiary/aromatic N) is 3. The van der Waals surface area contributed by atoms with Crippen molar-refractivity contribution in [1.82, 2.24) is 14.8 Å². The predicted molar refractivity (Wildman–Crippen MR) is 54.8 cm³/mol. The number of ether oxygens (including phenoxy) is 1. The minimum atomic E-state index is -1.27. The second kappa shape index (κ2) is 4.20. The molecule has 0 saturated carbocycles. The Morgan fingerprint density at radius 1 is 1.47 bits per heavy atom. The van der Waals surface area contributed by atoms with Crippen LogP contribution in [0, 0.1) is 5.82 Å². The zero-order chi connectivity index (χ0) is 12.4. The Balaban J connectivity index is 2.64. The van der Waals surface area contributed by atoms with Crippen molar-refractivity contribution in [3.8, 4) is 11.7 Å². The van der Waals surface area contributed by atoms with Crippen molar-refractivity contribution >= 4 is 5.97 Å². The molecule has 0 aliphatic rings. The predicted octanol–water partition coefficient (Wildman–Crippen LogP) is 1.11. The standard InChI is InChI=1S/C10H8FN3O3/c1-17-10-13-12-8(9(15)16)14(10)7-4-2-3-6(11)5-7/h2-5H,1H3,(H,15,16). The van der Waals surface area contributed by atoms with Crippen LogP contribution < -0.4 is 4.74 Å². The van der Waals surface area contributed by atoms with Gasteiger partial charge in [-0.3, -0.25) is 0 Å². The van der Waals surface area contributed by atoms with E-state index in [1.54, 1.807) is 0 Å². The minimum Gasteiger partial charge on any atom is -0.475 e. The lowest BCUT2D eigenvalue weighted by molar-refractivity contribution is 0.0680. The third-order valence-electron chi connectivity index (χ3n) is 2.07. The van der Waals surface area contributed by atoms with E-state index in [4.69, 9.17) is 9.84 Å². The van der Waals surface area contributed by atoms with Crippen molar-refractivity contribution in [2.45, 2.75) is 0 Å². The van der Waals surface area contributed by atoms with Crippen LogP contribution in [0.25, 0.3) is 5.69 Å². The normalized spacial score (nSPS) is 10.2. The summed E-state index contributed by atoms with van der Waals surface area (Å²) in [6, 6.07) is 5.38. The molecule has 0 saturated heterocycles. The molecule has 0 radical (unpaired) electrons. The summed E-state index contributed by atoms with van der Waals surface area (Å²) in [4.78, 5) is 10.9. The average Bonchev–Trinajstić information content (AvgIpc) is 2.72. The molecule has 0 amide bonds. The maximum Gasteiger partial charge on any atom is 0.374 e. The molecule has 7 heteroatoms. The molecular weight excluding hydrogens is 229 g/mol. The van der Waals surface area contributed by atoms with Gasteiger partial charge in [0.15, 0.2) is 0 Å². The highest BCUT2D eigenvalue weighted by molar-refractivity contribution is 5.84. The van der Waals surface area contributed by atoms with Gasteiger partial charge in [-0.05, 0) is 18.2 Å². The molecule has 17 heavy (non-hydrogen) atoms. The molecular formula is C10H8FN3O3. The maximum absolute atomic E-state index is 13.1. The SMILES string of the molecule is COc1nnc(C(=O)O)n1-c1cccc(F)c1. The third kappa shape index (κ3) is 1.94. The fraction of sp³-hybridized carbons (Fsp3) is 0.100. The molecule has 0 aliphatic heterocycles. The van der Waals surface area contributed by atoms with Gasteiger partial charge in [0.1, 0.15) is 5.82 Å². The second-order valence-corrected chi connectivity index (χ2v) is 3.13. The van der Waals surface area contributed by atoms with Crippen LogP contribution in [0.1, 0.15) is 10.6 Å². The Bertz CT molecular complexity index is 568. The molecule has 1 aromatic heterocycles. The first-order valence-electron chi connectivity index (χ1n) is 4.62. The number of aromatic nitrogens is 3. The average molecular weight is 237 g/mol. The molecule has 88 valence electrons. The highest BCUT2D eigenvalue weighted by Crippen LogP contribution is 2.19. The molecule has 2 aromatic rings. The quantitative estimate of drug-likeness (QED) is 0.865. The van der Waals surface area contributed by atoms with Gasteiger partial charge in [-0.25, -0.2) is 13.8 Å². The number of halogens is 1. The number of methoxy groups -OCH3 is 1. The molecule has 2 rings (SSSR count). The third-order valence-corrected chi connectivity index (χ3v) is 2.07. The van der Waals surface area contributed by atoms with Crippen LogP contribution in [0.2, 0.25) is 0 Å². The number of rotatable bonds is 3. The molecule has 6 nitrogen and oxygen atoms in total. The first-order valence-corrected chi connectivity index (χ1v) is 4.62. The van der Waals surface area contributed by atoms with E-state index in [2.05, 4.69) is 10.2 Å². The van der Waals surface area contributed by atoms with E-state index >= 15 is 0 Å². The minimum absolute atomic E-state index is 0.0204. The zero-order valence-corrected chi connectivity index (χ0v) is 8.79. The molecule has 0 atom stereocenters. The highest BCUT2D eigenvalue weighted by Gasteiger charge is 2.19. The van der Waals surface area contributed by atoms with Crippen LogP contribution in [0.4, 0.5) is 4.39 Å².